The summed E-state index contributed by atoms with van der Waals surface area (Å²) in [5.74, 6) is 0. The van der Waals surface area contributed by atoms with Gasteiger partial charge in [-0.25, -0.2) is 4.57 Å². The molecule has 0 aliphatic rings. The molecule has 0 saturated heterocycles. The van der Waals surface area contributed by atoms with Gasteiger partial charge in [0.1, 0.15) is 15.9 Å². The van der Waals surface area contributed by atoms with Gasteiger partial charge in [-0.05, 0) is 42.8 Å². The standard InChI is InChI=1S/C23H19N2S/c1-16-10-6-7-13-18(16)23-24(2)22-21(26-23)19-14-8-9-15-20(19)25(22)17-11-4-3-5-12-17/h3-15H,1-2H3/q+1. The largest absolute Gasteiger partial charge is 0.306 e. The second-order valence-corrected chi connectivity index (χ2v) is 7.62. The van der Waals surface area contributed by atoms with Crippen molar-refractivity contribution in [1.29, 1.82) is 0 Å². The van der Waals surface area contributed by atoms with E-state index in [1.54, 1.807) is 0 Å². The van der Waals surface area contributed by atoms with Gasteiger partial charge in [0.05, 0.1) is 7.05 Å². The Bertz CT molecular complexity index is 1250. The Morgan fingerprint density at radius 3 is 2.31 bits per heavy atom. The van der Waals surface area contributed by atoms with Gasteiger partial charge in [0.25, 0.3) is 0 Å². The first kappa shape index (κ1) is 15.4. The first-order valence-corrected chi connectivity index (χ1v) is 9.61. The van der Waals surface area contributed by atoms with Gasteiger partial charge in [-0.1, -0.05) is 59.9 Å². The van der Waals surface area contributed by atoms with E-state index in [-0.39, 0.29) is 0 Å². The number of nitrogens with zero attached hydrogens (tertiary/aromatic N) is 2. The van der Waals surface area contributed by atoms with E-state index in [9.17, 15) is 0 Å². The summed E-state index contributed by atoms with van der Waals surface area (Å²) in [4.78, 5) is 0. The molecule has 5 aromatic rings. The number of rotatable bonds is 2. The highest BCUT2D eigenvalue weighted by Gasteiger charge is 2.27. The molecule has 2 aromatic heterocycles. The quantitative estimate of drug-likeness (QED) is 0.362. The average Bonchev–Trinajstić information content (AvgIpc) is 3.18. The van der Waals surface area contributed by atoms with Crippen LogP contribution in [0.5, 0.6) is 0 Å². The number of para-hydroxylation sites is 2. The van der Waals surface area contributed by atoms with Crippen molar-refractivity contribution in [1.82, 2.24) is 4.57 Å². The normalized spacial score (nSPS) is 11.5. The van der Waals surface area contributed by atoms with E-state index in [1.807, 2.05) is 11.3 Å². The van der Waals surface area contributed by atoms with Crippen LogP contribution in [0.4, 0.5) is 0 Å². The van der Waals surface area contributed by atoms with Crippen LogP contribution < -0.4 is 4.57 Å². The molecule has 0 unspecified atom stereocenters. The van der Waals surface area contributed by atoms with Gasteiger partial charge in [-0.2, -0.15) is 4.57 Å². The topological polar surface area (TPSA) is 8.81 Å². The molecule has 0 aliphatic carbocycles. The van der Waals surface area contributed by atoms with E-state index in [2.05, 4.69) is 102 Å². The summed E-state index contributed by atoms with van der Waals surface area (Å²) in [6, 6.07) is 27.9. The highest BCUT2D eigenvalue weighted by molar-refractivity contribution is 7.22. The van der Waals surface area contributed by atoms with Gasteiger partial charge >= 0.3 is 5.65 Å². The predicted molar refractivity (Wildman–Crippen MR) is 110 cm³/mol. The van der Waals surface area contributed by atoms with E-state index in [1.165, 1.54) is 43.1 Å². The van der Waals surface area contributed by atoms with E-state index < -0.39 is 0 Å². The highest BCUT2D eigenvalue weighted by Crippen LogP contribution is 2.38. The molecular formula is C23H19N2S+. The van der Waals surface area contributed by atoms with Gasteiger partial charge in [0.2, 0.25) is 0 Å². The third kappa shape index (κ3) is 2.14. The minimum atomic E-state index is 1.20. The van der Waals surface area contributed by atoms with E-state index >= 15 is 0 Å². The Hall–Kier alpha value is -2.91. The van der Waals surface area contributed by atoms with E-state index in [0.717, 1.165) is 0 Å². The molecule has 0 N–H and O–H groups in total. The predicted octanol–water partition coefficient (Wildman–Crippen LogP) is 5.65. The lowest BCUT2D eigenvalue weighted by Gasteiger charge is -2.04. The van der Waals surface area contributed by atoms with Crippen LogP contribution in [0, 0.1) is 6.92 Å². The van der Waals surface area contributed by atoms with E-state index in [0.29, 0.717) is 0 Å². The molecule has 5 rings (SSSR count). The van der Waals surface area contributed by atoms with Crippen LogP contribution in [0.15, 0.2) is 78.9 Å². The van der Waals surface area contributed by atoms with Crippen molar-refractivity contribution in [3.8, 4) is 16.3 Å². The summed E-state index contributed by atoms with van der Waals surface area (Å²) in [6.07, 6.45) is 0. The molecular weight excluding hydrogens is 336 g/mol. The maximum Gasteiger partial charge on any atom is 0.306 e. The summed E-state index contributed by atoms with van der Waals surface area (Å²) in [6.45, 7) is 2.18. The van der Waals surface area contributed by atoms with Crippen LogP contribution in [-0.4, -0.2) is 4.57 Å². The zero-order valence-electron chi connectivity index (χ0n) is 14.8. The molecule has 26 heavy (non-hydrogen) atoms. The zero-order chi connectivity index (χ0) is 17.7. The molecule has 2 heterocycles. The van der Waals surface area contributed by atoms with Crippen molar-refractivity contribution in [2.24, 2.45) is 7.05 Å². The smallest absolute Gasteiger partial charge is 0.219 e. The lowest BCUT2D eigenvalue weighted by Crippen LogP contribution is -2.30. The summed E-state index contributed by atoms with van der Waals surface area (Å²) >= 11 is 1.88. The summed E-state index contributed by atoms with van der Waals surface area (Å²) in [5.41, 5.74) is 6.32. The van der Waals surface area contributed by atoms with Crippen LogP contribution in [0.2, 0.25) is 0 Å². The number of aromatic nitrogens is 2. The molecule has 0 amide bonds. The minimum Gasteiger partial charge on any atom is -0.219 e. The fourth-order valence-corrected chi connectivity index (χ4v) is 5.11. The number of aryl methyl sites for hydroxylation is 2. The van der Waals surface area contributed by atoms with Crippen LogP contribution in [0.1, 0.15) is 5.56 Å². The maximum atomic E-state index is 2.38. The Labute approximate surface area is 156 Å². The van der Waals surface area contributed by atoms with Gasteiger partial charge in [0, 0.05) is 10.9 Å². The Morgan fingerprint density at radius 1 is 0.808 bits per heavy atom. The van der Waals surface area contributed by atoms with Gasteiger partial charge in [-0.3, -0.25) is 0 Å². The fourth-order valence-electron chi connectivity index (χ4n) is 3.75. The summed E-state index contributed by atoms with van der Waals surface area (Å²) in [5, 5.41) is 2.61. The van der Waals surface area contributed by atoms with Crippen molar-refractivity contribution in [2.75, 3.05) is 0 Å². The number of thiazole rings is 1. The lowest BCUT2D eigenvalue weighted by molar-refractivity contribution is -0.632. The molecule has 0 bridgehead atoms. The third-order valence-corrected chi connectivity index (χ3v) is 6.31. The number of fused-ring (bicyclic) bond motifs is 3. The van der Waals surface area contributed by atoms with Crippen LogP contribution in [0.3, 0.4) is 0 Å². The van der Waals surface area contributed by atoms with Crippen molar-refractivity contribution < 1.29 is 4.57 Å². The summed E-state index contributed by atoms with van der Waals surface area (Å²) in [7, 11) is 2.18. The second kappa shape index (κ2) is 5.82. The highest BCUT2D eigenvalue weighted by atomic mass is 32.1. The van der Waals surface area contributed by atoms with Gasteiger partial charge < -0.3 is 0 Å². The Morgan fingerprint density at radius 2 is 1.50 bits per heavy atom. The fraction of sp³-hybridized carbons (Fsp3) is 0.0870. The monoisotopic (exact) mass is 355 g/mol. The maximum absolute atomic E-state index is 2.38. The van der Waals surface area contributed by atoms with Crippen LogP contribution in [0.25, 0.3) is 37.5 Å². The van der Waals surface area contributed by atoms with Crippen molar-refractivity contribution >= 4 is 32.6 Å². The van der Waals surface area contributed by atoms with Crippen molar-refractivity contribution in [2.45, 2.75) is 6.92 Å². The lowest BCUT2D eigenvalue weighted by atomic mass is 10.1. The molecule has 3 heteroatoms. The molecule has 0 saturated carbocycles. The Balaban J connectivity index is 1.93. The molecule has 0 spiro atoms. The second-order valence-electron chi connectivity index (χ2n) is 6.62. The molecule has 126 valence electrons. The third-order valence-electron chi connectivity index (χ3n) is 5.02. The van der Waals surface area contributed by atoms with Crippen LogP contribution in [-0.2, 0) is 7.05 Å². The summed E-state index contributed by atoms with van der Waals surface area (Å²) < 4.78 is 6.06. The molecule has 0 fully saturated rings. The molecule has 3 aromatic carbocycles. The average molecular weight is 355 g/mol. The molecule has 0 radical (unpaired) electrons. The van der Waals surface area contributed by atoms with Gasteiger partial charge in [0.15, 0.2) is 5.01 Å². The number of hydrogen-bond donors (Lipinski definition) is 0. The first-order valence-electron chi connectivity index (χ1n) is 8.79. The first-order chi connectivity index (χ1) is 12.8. The zero-order valence-corrected chi connectivity index (χ0v) is 15.6. The van der Waals surface area contributed by atoms with Crippen molar-refractivity contribution in [3.05, 3.63) is 84.4 Å². The number of hydrogen-bond acceptors (Lipinski definition) is 1. The molecule has 0 atom stereocenters. The number of benzene rings is 3. The van der Waals surface area contributed by atoms with Crippen LogP contribution >= 0.6 is 11.3 Å². The van der Waals surface area contributed by atoms with E-state index in [4.69, 9.17) is 0 Å². The Kier molecular flexibility index (Phi) is 3.44. The molecule has 2 nitrogen and oxygen atoms in total. The van der Waals surface area contributed by atoms with Gasteiger partial charge in [-0.15, -0.1) is 0 Å². The van der Waals surface area contributed by atoms with Crippen molar-refractivity contribution in [3.63, 3.8) is 0 Å². The SMILES string of the molecule is Cc1ccccc1-c1sc2c3ccccc3n(-c3ccccc3)c2[n+]1C. The molecule has 0 aliphatic heterocycles. The minimum absolute atomic E-state index is 1.20.